The highest BCUT2D eigenvalue weighted by Crippen LogP contribution is 2.45. The van der Waals surface area contributed by atoms with Gasteiger partial charge in [-0.2, -0.15) is 5.10 Å². The van der Waals surface area contributed by atoms with E-state index in [9.17, 15) is 9.90 Å². The Hall–Kier alpha value is -3.62. The molecular weight excluding hydrogens is 516 g/mol. The van der Waals surface area contributed by atoms with Crippen LogP contribution in [-0.4, -0.2) is 45.2 Å². The minimum atomic E-state index is -1.03. The zero-order valence-corrected chi connectivity index (χ0v) is 22.8. The van der Waals surface area contributed by atoms with Gasteiger partial charge in [0.25, 0.3) is 0 Å². The molecule has 3 heterocycles. The fourth-order valence-corrected chi connectivity index (χ4v) is 5.75. The molecule has 6 rings (SSSR count). The molecule has 0 unspecified atom stereocenters. The Morgan fingerprint density at radius 3 is 2.59 bits per heavy atom. The van der Waals surface area contributed by atoms with Crippen molar-refractivity contribution in [3.8, 4) is 22.5 Å². The predicted molar refractivity (Wildman–Crippen MR) is 149 cm³/mol. The van der Waals surface area contributed by atoms with Crippen LogP contribution in [0.15, 0.2) is 53.1 Å². The maximum absolute atomic E-state index is 11.3. The molecule has 0 amide bonds. The highest BCUT2D eigenvalue weighted by atomic mass is 35.5. The summed E-state index contributed by atoms with van der Waals surface area (Å²) in [6, 6.07) is 15.7. The first-order valence-corrected chi connectivity index (χ1v) is 13.7. The van der Waals surface area contributed by atoms with Gasteiger partial charge in [0.15, 0.2) is 5.69 Å². The third kappa shape index (κ3) is 5.18. The zero-order chi connectivity index (χ0) is 27.1. The minimum Gasteiger partial charge on any atom is -0.476 e. The second-order valence-corrected chi connectivity index (χ2v) is 10.9. The van der Waals surface area contributed by atoms with E-state index in [1.807, 2.05) is 37.3 Å². The Morgan fingerprint density at radius 2 is 1.90 bits per heavy atom. The van der Waals surface area contributed by atoms with Crippen molar-refractivity contribution >= 4 is 23.3 Å². The van der Waals surface area contributed by atoms with Crippen LogP contribution in [0.1, 0.15) is 59.0 Å². The number of carbonyl (C=O) groups is 1. The van der Waals surface area contributed by atoms with Crippen molar-refractivity contribution in [3.63, 3.8) is 0 Å². The fourth-order valence-electron chi connectivity index (χ4n) is 5.44. The van der Waals surface area contributed by atoms with E-state index < -0.39 is 5.97 Å². The smallest absolute Gasteiger partial charge is 0.356 e. The number of carboxylic acids is 1. The number of hydrogen-bond acceptors (Lipinski definition) is 6. The van der Waals surface area contributed by atoms with Gasteiger partial charge in [0.1, 0.15) is 11.5 Å². The number of aromatic nitrogens is 3. The first-order chi connectivity index (χ1) is 18.9. The van der Waals surface area contributed by atoms with Gasteiger partial charge >= 0.3 is 5.97 Å². The molecule has 9 heteroatoms. The number of benzene rings is 2. The Morgan fingerprint density at radius 1 is 1.13 bits per heavy atom. The van der Waals surface area contributed by atoms with E-state index in [-0.39, 0.29) is 11.8 Å². The molecule has 1 aliphatic heterocycles. The van der Waals surface area contributed by atoms with Crippen LogP contribution in [0.4, 0.5) is 5.69 Å². The van der Waals surface area contributed by atoms with Crippen LogP contribution in [0.3, 0.4) is 0 Å². The molecule has 0 spiro atoms. The second-order valence-electron chi connectivity index (χ2n) is 10.5. The number of aryl methyl sites for hydroxylation is 2. The summed E-state index contributed by atoms with van der Waals surface area (Å²) in [5.74, 6) is 0.340. The molecular formula is C30H31ClN4O4. The summed E-state index contributed by atoms with van der Waals surface area (Å²) in [6.07, 6.45) is 4.20. The van der Waals surface area contributed by atoms with Crippen LogP contribution in [-0.2, 0) is 18.4 Å². The molecule has 4 aromatic rings. The number of halogens is 1. The van der Waals surface area contributed by atoms with Crippen LogP contribution >= 0.6 is 11.6 Å². The van der Waals surface area contributed by atoms with Gasteiger partial charge in [0.2, 0.25) is 0 Å². The SMILES string of the molecule is Cc1cccc(Cl)c1-c1noc(C2CC2)c1COC1CCN(c2cccc(-c3cc(C(=O)O)nn3C)c2)CC1. The molecule has 2 aliphatic rings. The lowest BCUT2D eigenvalue weighted by Crippen LogP contribution is -2.37. The molecule has 0 atom stereocenters. The first kappa shape index (κ1) is 25.6. The maximum Gasteiger partial charge on any atom is 0.356 e. The van der Waals surface area contributed by atoms with Gasteiger partial charge in [-0.05, 0) is 62.4 Å². The third-order valence-electron chi connectivity index (χ3n) is 7.74. The van der Waals surface area contributed by atoms with Crippen LogP contribution in [0, 0.1) is 6.92 Å². The summed E-state index contributed by atoms with van der Waals surface area (Å²) in [7, 11) is 1.76. The molecule has 8 nitrogen and oxygen atoms in total. The normalized spacial score (nSPS) is 16.1. The minimum absolute atomic E-state index is 0.0429. The molecule has 1 saturated carbocycles. The number of aromatic carboxylic acids is 1. The number of carboxylic acid groups (broad SMARTS) is 1. The summed E-state index contributed by atoms with van der Waals surface area (Å²) in [4.78, 5) is 13.7. The van der Waals surface area contributed by atoms with Crippen LogP contribution in [0.25, 0.3) is 22.5 Å². The first-order valence-electron chi connectivity index (χ1n) is 13.4. The Bertz CT molecular complexity index is 1490. The molecule has 0 radical (unpaired) electrons. The number of ether oxygens (including phenoxy) is 1. The Kier molecular flexibility index (Phi) is 6.91. The van der Waals surface area contributed by atoms with E-state index in [4.69, 9.17) is 20.9 Å². The number of rotatable bonds is 8. The van der Waals surface area contributed by atoms with Crippen molar-refractivity contribution < 1.29 is 19.2 Å². The number of piperidine rings is 1. The fraction of sp³-hybridized carbons (Fsp3) is 0.367. The third-order valence-corrected chi connectivity index (χ3v) is 8.05. The largest absolute Gasteiger partial charge is 0.476 e. The lowest BCUT2D eigenvalue weighted by atomic mass is 10.0. The molecule has 2 aromatic carbocycles. The summed E-state index contributed by atoms with van der Waals surface area (Å²) in [5, 5.41) is 18.5. The van der Waals surface area contributed by atoms with Crippen molar-refractivity contribution in [3.05, 3.63) is 76.1 Å². The number of hydrogen-bond donors (Lipinski definition) is 1. The summed E-state index contributed by atoms with van der Waals surface area (Å²) in [6.45, 7) is 4.24. The molecule has 1 saturated heterocycles. The molecule has 0 bridgehead atoms. The van der Waals surface area contributed by atoms with E-state index in [1.54, 1.807) is 17.8 Å². The van der Waals surface area contributed by atoms with Gasteiger partial charge < -0.3 is 19.3 Å². The van der Waals surface area contributed by atoms with Crippen molar-refractivity contribution in [2.75, 3.05) is 18.0 Å². The van der Waals surface area contributed by atoms with Crippen LogP contribution < -0.4 is 4.90 Å². The van der Waals surface area contributed by atoms with E-state index in [1.165, 1.54) is 0 Å². The molecule has 1 N–H and O–H groups in total. The van der Waals surface area contributed by atoms with Gasteiger partial charge in [-0.15, -0.1) is 0 Å². The van der Waals surface area contributed by atoms with E-state index >= 15 is 0 Å². The van der Waals surface area contributed by atoms with E-state index in [0.29, 0.717) is 17.5 Å². The molecule has 2 aromatic heterocycles. The molecule has 2 fully saturated rings. The summed E-state index contributed by atoms with van der Waals surface area (Å²) >= 11 is 6.58. The zero-order valence-electron chi connectivity index (χ0n) is 22.1. The second kappa shape index (κ2) is 10.5. The van der Waals surface area contributed by atoms with Gasteiger partial charge in [-0.1, -0.05) is 41.0 Å². The van der Waals surface area contributed by atoms with Gasteiger partial charge in [-0.25, -0.2) is 4.79 Å². The average molecular weight is 547 g/mol. The lowest BCUT2D eigenvalue weighted by molar-refractivity contribution is 0.0246. The Balaban J connectivity index is 1.13. The summed E-state index contributed by atoms with van der Waals surface area (Å²) < 4.78 is 13.9. The quantitative estimate of drug-likeness (QED) is 0.271. The maximum atomic E-state index is 11.3. The highest BCUT2D eigenvalue weighted by Gasteiger charge is 2.34. The van der Waals surface area contributed by atoms with Crippen LogP contribution in [0.2, 0.25) is 5.02 Å². The average Bonchev–Trinajstić information content (AvgIpc) is 3.57. The highest BCUT2D eigenvalue weighted by molar-refractivity contribution is 6.33. The lowest BCUT2D eigenvalue weighted by Gasteiger charge is -2.33. The number of anilines is 1. The van der Waals surface area contributed by atoms with Gasteiger partial charge in [0, 0.05) is 48.4 Å². The Labute approximate surface area is 232 Å². The van der Waals surface area contributed by atoms with Crippen molar-refractivity contribution in [2.24, 2.45) is 7.05 Å². The monoisotopic (exact) mass is 546 g/mol. The number of nitrogens with zero attached hydrogens (tertiary/aromatic N) is 4. The topological polar surface area (TPSA) is 93.6 Å². The molecule has 1 aliphatic carbocycles. The molecule has 39 heavy (non-hydrogen) atoms. The standard InChI is InChI=1S/C30H31ClN4O4/c1-18-5-3-8-24(31)27(18)28-23(29(39-33-28)19-9-10-19)17-38-22-11-13-35(14-12-22)21-7-4-6-20(15-21)26-16-25(30(36)37)32-34(26)2/h3-8,15-16,19,22H,9-14,17H2,1-2H3,(H,36,37). The molecule has 202 valence electrons. The predicted octanol–water partition coefficient (Wildman–Crippen LogP) is 6.47. The van der Waals surface area contributed by atoms with Crippen molar-refractivity contribution in [1.29, 1.82) is 0 Å². The van der Waals surface area contributed by atoms with Gasteiger partial charge in [0.05, 0.1) is 23.4 Å². The van der Waals surface area contributed by atoms with Crippen molar-refractivity contribution in [1.82, 2.24) is 14.9 Å². The van der Waals surface area contributed by atoms with E-state index in [0.717, 1.165) is 83.9 Å². The van der Waals surface area contributed by atoms with E-state index in [2.05, 4.69) is 27.3 Å². The van der Waals surface area contributed by atoms with Gasteiger partial charge in [-0.3, -0.25) is 4.68 Å². The van der Waals surface area contributed by atoms with Crippen LogP contribution in [0.5, 0.6) is 0 Å². The summed E-state index contributed by atoms with van der Waals surface area (Å²) in [5.41, 5.74) is 6.69. The van der Waals surface area contributed by atoms with Crippen molar-refractivity contribution in [2.45, 2.75) is 51.2 Å².